The topological polar surface area (TPSA) is 0 Å². The molecule has 0 amide bonds. The average molecular weight is 244 g/mol. The molecule has 0 radical (unpaired) electrons. The summed E-state index contributed by atoms with van der Waals surface area (Å²) in [5.74, 6) is 0.568. The van der Waals surface area contributed by atoms with Gasteiger partial charge in [0.15, 0.2) is 0 Å². The van der Waals surface area contributed by atoms with E-state index in [9.17, 15) is 0 Å². The molecule has 18 heavy (non-hydrogen) atoms. The summed E-state index contributed by atoms with van der Waals surface area (Å²) in [7, 11) is 0. The van der Waals surface area contributed by atoms with Gasteiger partial charge in [-0.2, -0.15) is 0 Å². The molecule has 0 saturated carbocycles. The molecule has 0 aliphatic rings. The predicted octanol–water partition coefficient (Wildman–Crippen LogP) is 6.00. The van der Waals surface area contributed by atoms with Crippen molar-refractivity contribution in [3.63, 3.8) is 0 Å². The molecule has 0 aliphatic carbocycles. The van der Waals surface area contributed by atoms with E-state index in [1.54, 1.807) is 0 Å². The third kappa shape index (κ3) is 9.89. The Hall–Kier alpha value is -1.30. The lowest BCUT2D eigenvalue weighted by Gasteiger charge is -2.03. The Morgan fingerprint density at radius 2 is 1.78 bits per heavy atom. The standard InChI is InChI=1S/C18H28/c1-7-16(4)12-13-17(5)10-8-9-11-18(6)14-15(2)3/h8-13,18H,2,7,14H2,1,3-6H3/b10-8+,11-9+,16-12-,17-13+. The van der Waals surface area contributed by atoms with E-state index in [1.807, 2.05) is 0 Å². The van der Waals surface area contributed by atoms with E-state index in [0.717, 1.165) is 12.8 Å². The first kappa shape index (κ1) is 16.7. The molecule has 0 heterocycles. The zero-order valence-electron chi connectivity index (χ0n) is 12.7. The van der Waals surface area contributed by atoms with Crippen LogP contribution in [0.4, 0.5) is 0 Å². The first-order valence-corrected chi connectivity index (χ1v) is 6.79. The summed E-state index contributed by atoms with van der Waals surface area (Å²) < 4.78 is 0. The fourth-order valence-electron chi connectivity index (χ4n) is 1.53. The van der Waals surface area contributed by atoms with Gasteiger partial charge >= 0.3 is 0 Å². The smallest absolute Gasteiger partial charge is 0.0222 e. The monoisotopic (exact) mass is 244 g/mol. The molecule has 0 saturated heterocycles. The number of rotatable bonds is 7. The van der Waals surface area contributed by atoms with Gasteiger partial charge in [-0.25, -0.2) is 0 Å². The number of allylic oxidation sites excluding steroid dienone is 9. The lowest BCUT2D eigenvalue weighted by molar-refractivity contribution is 0.718. The summed E-state index contributed by atoms with van der Waals surface area (Å²) >= 11 is 0. The van der Waals surface area contributed by atoms with E-state index in [-0.39, 0.29) is 0 Å². The minimum atomic E-state index is 0.568. The molecule has 0 aromatic carbocycles. The van der Waals surface area contributed by atoms with Crippen LogP contribution >= 0.6 is 0 Å². The van der Waals surface area contributed by atoms with Crippen molar-refractivity contribution in [1.29, 1.82) is 0 Å². The highest BCUT2D eigenvalue weighted by atomic mass is 14.0. The minimum Gasteiger partial charge on any atom is -0.100 e. The molecular formula is C18H28. The zero-order valence-corrected chi connectivity index (χ0v) is 12.7. The Morgan fingerprint density at radius 1 is 1.11 bits per heavy atom. The molecule has 0 rings (SSSR count). The fourth-order valence-corrected chi connectivity index (χ4v) is 1.53. The van der Waals surface area contributed by atoms with E-state index < -0.39 is 0 Å². The second kappa shape index (κ2) is 9.70. The highest BCUT2D eigenvalue weighted by Gasteiger charge is 1.94. The molecule has 0 bridgehead atoms. The van der Waals surface area contributed by atoms with Crippen molar-refractivity contribution in [1.82, 2.24) is 0 Å². The van der Waals surface area contributed by atoms with E-state index in [4.69, 9.17) is 0 Å². The minimum absolute atomic E-state index is 0.568. The molecule has 0 nitrogen and oxygen atoms in total. The Morgan fingerprint density at radius 3 is 2.33 bits per heavy atom. The van der Waals surface area contributed by atoms with Gasteiger partial charge < -0.3 is 0 Å². The normalized spacial score (nSPS) is 15.6. The second-order valence-corrected chi connectivity index (χ2v) is 5.16. The average Bonchev–Trinajstić information content (AvgIpc) is 2.30. The molecule has 0 N–H and O–H groups in total. The molecule has 0 aromatic rings. The van der Waals surface area contributed by atoms with Crippen LogP contribution in [0, 0.1) is 5.92 Å². The fraction of sp³-hybridized carbons (Fsp3) is 0.444. The van der Waals surface area contributed by atoms with Crippen molar-refractivity contribution in [3.05, 3.63) is 59.8 Å². The first-order valence-electron chi connectivity index (χ1n) is 6.79. The summed E-state index contributed by atoms with van der Waals surface area (Å²) in [6.07, 6.45) is 15.1. The van der Waals surface area contributed by atoms with Crippen molar-refractivity contribution in [2.24, 2.45) is 5.92 Å². The lowest BCUT2D eigenvalue weighted by Crippen LogP contribution is -1.88. The van der Waals surface area contributed by atoms with Crippen LogP contribution in [0.15, 0.2) is 59.8 Å². The van der Waals surface area contributed by atoms with Gasteiger partial charge in [0.1, 0.15) is 0 Å². The molecule has 1 unspecified atom stereocenters. The summed E-state index contributed by atoms with van der Waals surface area (Å²) in [6, 6.07) is 0. The van der Waals surface area contributed by atoms with Crippen molar-refractivity contribution in [2.45, 2.75) is 47.5 Å². The maximum atomic E-state index is 3.93. The molecule has 0 spiro atoms. The van der Waals surface area contributed by atoms with Gasteiger partial charge in [0.05, 0.1) is 0 Å². The number of hydrogen-bond acceptors (Lipinski definition) is 0. The Balaban J connectivity index is 4.24. The van der Waals surface area contributed by atoms with Gasteiger partial charge in [0.2, 0.25) is 0 Å². The highest BCUT2D eigenvalue weighted by Crippen LogP contribution is 2.10. The highest BCUT2D eigenvalue weighted by molar-refractivity contribution is 5.25. The van der Waals surface area contributed by atoms with Crippen LogP contribution in [0.2, 0.25) is 0 Å². The van der Waals surface area contributed by atoms with Crippen molar-refractivity contribution >= 4 is 0 Å². The van der Waals surface area contributed by atoms with E-state index in [1.165, 1.54) is 16.7 Å². The maximum Gasteiger partial charge on any atom is -0.0222 e. The van der Waals surface area contributed by atoms with Crippen molar-refractivity contribution in [3.8, 4) is 0 Å². The molecule has 100 valence electrons. The summed E-state index contributed by atoms with van der Waals surface area (Å²) in [6.45, 7) is 14.7. The van der Waals surface area contributed by atoms with Gasteiger partial charge in [-0.3, -0.25) is 0 Å². The van der Waals surface area contributed by atoms with Gasteiger partial charge in [-0.15, -0.1) is 6.58 Å². The van der Waals surface area contributed by atoms with Crippen LogP contribution in [0.1, 0.15) is 47.5 Å². The summed E-state index contributed by atoms with van der Waals surface area (Å²) in [4.78, 5) is 0. The Labute approximate surface area is 113 Å². The molecule has 0 fully saturated rings. The van der Waals surface area contributed by atoms with Crippen LogP contribution in [-0.2, 0) is 0 Å². The lowest BCUT2D eigenvalue weighted by atomic mass is 10.0. The third-order valence-corrected chi connectivity index (χ3v) is 2.77. The van der Waals surface area contributed by atoms with Crippen LogP contribution in [-0.4, -0.2) is 0 Å². The van der Waals surface area contributed by atoms with Crippen LogP contribution in [0.5, 0.6) is 0 Å². The van der Waals surface area contributed by atoms with E-state index in [0.29, 0.717) is 5.92 Å². The van der Waals surface area contributed by atoms with Gasteiger partial charge in [0.25, 0.3) is 0 Å². The van der Waals surface area contributed by atoms with Gasteiger partial charge in [-0.1, -0.05) is 67.0 Å². The van der Waals surface area contributed by atoms with Gasteiger partial charge in [0, 0.05) is 0 Å². The molecule has 1 atom stereocenters. The second-order valence-electron chi connectivity index (χ2n) is 5.16. The largest absolute Gasteiger partial charge is 0.100 e. The summed E-state index contributed by atoms with van der Waals surface area (Å²) in [5.41, 5.74) is 3.93. The first-order chi connectivity index (χ1) is 8.45. The maximum absolute atomic E-state index is 3.93. The molecule has 0 aromatic heterocycles. The van der Waals surface area contributed by atoms with Gasteiger partial charge in [-0.05, 0) is 39.5 Å². The van der Waals surface area contributed by atoms with Crippen LogP contribution in [0.25, 0.3) is 0 Å². The van der Waals surface area contributed by atoms with Crippen LogP contribution < -0.4 is 0 Å². The summed E-state index contributed by atoms with van der Waals surface area (Å²) in [5, 5.41) is 0. The quantitative estimate of drug-likeness (QED) is 0.380. The van der Waals surface area contributed by atoms with E-state index in [2.05, 4.69) is 77.7 Å². The number of hydrogen-bond donors (Lipinski definition) is 0. The zero-order chi connectivity index (χ0) is 14.0. The molecule has 0 aliphatic heterocycles. The molecule has 0 heteroatoms. The third-order valence-electron chi connectivity index (χ3n) is 2.77. The Kier molecular flexibility index (Phi) is 9.00. The Bertz CT molecular complexity index is 361. The SMILES string of the molecule is C=C(C)CC(C)/C=C/C=C/C(C)=C/C=C(/C)CC. The molecular weight excluding hydrogens is 216 g/mol. The van der Waals surface area contributed by atoms with Crippen molar-refractivity contribution in [2.75, 3.05) is 0 Å². The van der Waals surface area contributed by atoms with E-state index >= 15 is 0 Å². The van der Waals surface area contributed by atoms with Crippen molar-refractivity contribution < 1.29 is 0 Å². The predicted molar refractivity (Wildman–Crippen MR) is 84.7 cm³/mol. The van der Waals surface area contributed by atoms with Crippen LogP contribution in [0.3, 0.4) is 0 Å².